The van der Waals surface area contributed by atoms with E-state index < -0.39 is 23.9 Å². The molecule has 4 aromatic rings. The molecule has 3 aromatic carbocycles. The molecule has 7 rings (SSSR count). The maximum atomic E-state index is 15.2. The standard InChI is InChI=1S/C34H36FN5O5S/c1-20(2)13-32-38-39-34(46-32)40-12-11-29-28(18-40)37-33(42)26-15-22(8-10-27(26)35)21-5-4-6-24(14-21)44-19-31(41)36-17-23-7-9-25(45-29)16-30(23)43-3/h4-10,14-16,20,28-29H,11-13,17-19H2,1-3H3,(H,36,41)(H,37,42)/t28-,29+/m1/s1. The fourth-order valence-electron chi connectivity index (χ4n) is 5.59. The number of methoxy groups -OCH3 is 1. The van der Waals surface area contributed by atoms with E-state index in [0.717, 1.165) is 22.1 Å². The minimum atomic E-state index is -0.639. The lowest BCUT2D eigenvalue weighted by Gasteiger charge is -2.38. The van der Waals surface area contributed by atoms with Crippen LogP contribution in [0.4, 0.5) is 9.52 Å². The highest BCUT2D eigenvalue weighted by molar-refractivity contribution is 7.15. The fraction of sp³-hybridized carbons (Fsp3) is 0.353. The van der Waals surface area contributed by atoms with E-state index in [1.54, 1.807) is 48.8 Å². The van der Waals surface area contributed by atoms with Gasteiger partial charge in [-0.2, -0.15) is 0 Å². The second-order valence-corrected chi connectivity index (χ2v) is 12.8. The van der Waals surface area contributed by atoms with Crippen molar-refractivity contribution in [1.82, 2.24) is 20.8 Å². The summed E-state index contributed by atoms with van der Waals surface area (Å²) in [5, 5.41) is 16.5. The lowest BCUT2D eigenvalue weighted by Crippen LogP contribution is -2.57. The Bertz CT molecular complexity index is 1730. The number of carbonyl (C=O) groups is 2. The molecular formula is C34H36FN5O5S. The first-order valence-corrected chi connectivity index (χ1v) is 16.1. The van der Waals surface area contributed by atoms with Gasteiger partial charge < -0.3 is 29.7 Å². The van der Waals surface area contributed by atoms with E-state index in [-0.39, 0.29) is 24.6 Å². The van der Waals surface area contributed by atoms with Crippen molar-refractivity contribution in [3.8, 4) is 28.4 Å². The molecule has 1 fully saturated rings. The van der Waals surface area contributed by atoms with Gasteiger partial charge in [-0.1, -0.05) is 43.4 Å². The first-order chi connectivity index (χ1) is 22.2. The quantitative estimate of drug-likeness (QED) is 0.318. The molecule has 0 aliphatic carbocycles. The number of fused-ring (bicyclic) bond motifs is 7. The third kappa shape index (κ3) is 7.23. The Morgan fingerprint density at radius 1 is 1.07 bits per heavy atom. The molecule has 12 heteroatoms. The number of ether oxygens (including phenoxy) is 3. The Balaban J connectivity index is 1.35. The van der Waals surface area contributed by atoms with Crippen molar-refractivity contribution in [3.05, 3.63) is 82.6 Å². The molecule has 0 unspecified atom stereocenters. The van der Waals surface area contributed by atoms with Crippen LogP contribution in [0.25, 0.3) is 11.1 Å². The number of halogens is 1. The van der Waals surface area contributed by atoms with Crippen molar-refractivity contribution in [3.63, 3.8) is 0 Å². The predicted octanol–water partition coefficient (Wildman–Crippen LogP) is 5.02. The van der Waals surface area contributed by atoms with E-state index in [0.29, 0.717) is 53.8 Å². The molecule has 3 aliphatic rings. The first-order valence-electron chi connectivity index (χ1n) is 15.3. The van der Waals surface area contributed by atoms with Crippen LogP contribution in [-0.2, 0) is 17.8 Å². The lowest BCUT2D eigenvalue weighted by molar-refractivity contribution is -0.123. The zero-order chi connectivity index (χ0) is 32.2. The van der Waals surface area contributed by atoms with Crippen molar-refractivity contribution >= 4 is 28.3 Å². The zero-order valence-corrected chi connectivity index (χ0v) is 26.7. The maximum Gasteiger partial charge on any atom is 0.258 e. The second kappa shape index (κ2) is 13.7. The van der Waals surface area contributed by atoms with Crippen molar-refractivity contribution in [2.75, 3.05) is 31.7 Å². The van der Waals surface area contributed by atoms with Crippen molar-refractivity contribution in [2.45, 2.75) is 45.4 Å². The highest BCUT2D eigenvalue weighted by Crippen LogP contribution is 2.31. The van der Waals surface area contributed by atoms with Crippen LogP contribution in [-0.4, -0.2) is 61.0 Å². The Morgan fingerprint density at radius 2 is 1.91 bits per heavy atom. The number of hydrogen-bond donors (Lipinski definition) is 2. The van der Waals surface area contributed by atoms with Gasteiger partial charge in [0.1, 0.15) is 34.2 Å². The number of aromatic nitrogens is 2. The SMILES string of the molecule is COc1cc2ccc1CNC(=O)COc1cccc(c1)-c1ccc(F)c(c1)C(=O)N[C@@H]1CN(c3nnc(CC(C)C)s3)CC[C@@H]1O2. The summed E-state index contributed by atoms with van der Waals surface area (Å²) < 4.78 is 33.0. The molecule has 2 amide bonds. The van der Waals surface area contributed by atoms with E-state index in [1.807, 2.05) is 18.2 Å². The van der Waals surface area contributed by atoms with Crippen LogP contribution >= 0.6 is 11.3 Å². The van der Waals surface area contributed by atoms with Crippen molar-refractivity contribution < 1.29 is 28.2 Å². The zero-order valence-electron chi connectivity index (χ0n) is 25.9. The number of piperidine rings is 1. The van der Waals surface area contributed by atoms with Gasteiger partial charge in [0, 0.05) is 44.1 Å². The van der Waals surface area contributed by atoms with Crippen LogP contribution in [0.15, 0.2) is 60.7 Å². The van der Waals surface area contributed by atoms with Crippen LogP contribution in [0, 0.1) is 11.7 Å². The molecule has 10 nitrogen and oxygen atoms in total. The van der Waals surface area contributed by atoms with Gasteiger partial charge >= 0.3 is 0 Å². The van der Waals surface area contributed by atoms with E-state index in [4.69, 9.17) is 14.2 Å². The van der Waals surface area contributed by atoms with Crippen LogP contribution in [0.2, 0.25) is 0 Å². The number of rotatable bonds is 4. The Kier molecular flexibility index (Phi) is 9.34. The number of amides is 2. The summed E-state index contributed by atoms with van der Waals surface area (Å²) in [7, 11) is 1.55. The molecule has 1 saturated heterocycles. The van der Waals surface area contributed by atoms with Crippen LogP contribution in [0.1, 0.15) is 41.2 Å². The normalized spacial score (nSPS) is 18.6. The number of nitrogens with one attached hydrogen (secondary N) is 2. The van der Waals surface area contributed by atoms with Crippen LogP contribution in [0.3, 0.4) is 0 Å². The van der Waals surface area contributed by atoms with Gasteiger partial charge in [0.25, 0.3) is 11.8 Å². The number of hydrogen-bond acceptors (Lipinski definition) is 9. The lowest BCUT2D eigenvalue weighted by atomic mass is 9.99. The molecule has 46 heavy (non-hydrogen) atoms. The minimum Gasteiger partial charge on any atom is -0.496 e. The summed E-state index contributed by atoms with van der Waals surface area (Å²) in [6, 6.07) is 16.4. The third-order valence-electron chi connectivity index (χ3n) is 7.95. The maximum absolute atomic E-state index is 15.2. The Hall–Kier alpha value is -4.71. The molecule has 0 saturated carbocycles. The van der Waals surface area contributed by atoms with E-state index in [2.05, 4.69) is 39.6 Å². The number of anilines is 1. The van der Waals surface area contributed by atoms with Gasteiger partial charge in [-0.3, -0.25) is 9.59 Å². The number of benzene rings is 3. The van der Waals surface area contributed by atoms with Gasteiger partial charge in [-0.05, 0) is 53.4 Å². The van der Waals surface area contributed by atoms with E-state index in [1.165, 1.54) is 12.1 Å². The summed E-state index contributed by atoms with van der Waals surface area (Å²) in [6.45, 7) is 5.36. The number of carbonyl (C=O) groups excluding carboxylic acids is 2. The van der Waals surface area contributed by atoms with Gasteiger partial charge in [-0.25, -0.2) is 4.39 Å². The molecule has 6 bridgehead atoms. The van der Waals surface area contributed by atoms with Gasteiger partial charge in [0.2, 0.25) is 5.13 Å². The summed E-state index contributed by atoms with van der Waals surface area (Å²) in [5.74, 6) is 0.520. The molecule has 4 heterocycles. The smallest absolute Gasteiger partial charge is 0.258 e. The molecule has 0 radical (unpaired) electrons. The third-order valence-corrected chi connectivity index (χ3v) is 8.95. The fourth-order valence-corrected chi connectivity index (χ4v) is 6.68. The van der Waals surface area contributed by atoms with Gasteiger partial charge in [0.15, 0.2) is 6.61 Å². The van der Waals surface area contributed by atoms with Gasteiger partial charge in [-0.15, -0.1) is 10.2 Å². The highest BCUT2D eigenvalue weighted by atomic mass is 32.1. The van der Waals surface area contributed by atoms with E-state index in [9.17, 15) is 9.59 Å². The minimum absolute atomic E-state index is 0.0883. The summed E-state index contributed by atoms with van der Waals surface area (Å²) in [4.78, 5) is 28.4. The van der Waals surface area contributed by atoms with Gasteiger partial charge in [0.05, 0.1) is 18.7 Å². The molecule has 240 valence electrons. The van der Waals surface area contributed by atoms with E-state index >= 15 is 4.39 Å². The largest absolute Gasteiger partial charge is 0.496 e. The molecule has 0 spiro atoms. The monoisotopic (exact) mass is 645 g/mol. The molecule has 3 aliphatic heterocycles. The first kappa shape index (κ1) is 31.3. The average Bonchev–Trinajstić information content (AvgIpc) is 3.51. The molecule has 2 atom stereocenters. The topological polar surface area (TPSA) is 115 Å². The molecule has 1 aromatic heterocycles. The Labute approximate surface area is 270 Å². The summed E-state index contributed by atoms with van der Waals surface area (Å²) in [5.41, 5.74) is 2.02. The average molecular weight is 646 g/mol. The van der Waals surface area contributed by atoms with Crippen molar-refractivity contribution in [2.24, 2.45) is 5.92 Å². The summed E-state index contributed by atoms with van der Waals surface area (Å²) in [6.07, 6.45) is 0.979. The Morgan fingerprint density at radius 3 is 2.74 bits per heavy atom. The number of nitrogens with zero attached hydrogens (tertiary/aromatic N) is 3. The predicted molar refractivity (Wildman–Crippen MR) is 173 cm³/mol. The van der Waals surface area contributed by atoms with Crippen molar-refractivity contribution in [1.29, 1.82) is 0 Å². The van der Waals surface area contributed by atoms with Crippen LogP contribution < -0.4 is 29.7 Å². The highest BCUT2D eigenvalue weighted by Gasteiger charge is 2.34. The molecular weight excluding hydrogens is 609 g/mol. The molecule has 2 N–H and O–H groups in total. The van der Waals surface area contributed by atoms with Crippen LogP contribution in [0.5, 0.6) is 17.2 Å². The summed E-state index contributed by atoms with van der Waals surface area (Å²) >= 11 is 1.54. The second-order valence-electron chi connectivity index (χ2n) is 11.8.